The number of aliphatic hydroxyl groups excluding tert-OH is 1. The topological polar surface area (TPSA) is 91.8 Å². The lowest BCUT2D eigenvalue weighted by atomic mass is 10.1. The predicted molar refractivity (Wildman–Crippen MR) is 101 cm³/mol. The van der Waals surface area contributed by atoms with Crippen LogP contribution >= 0.6 is 0 Å². The van der Waals surface area contributed by atoms with Gasteiger partial charge in [0.1, 0.15) is 5.60 Å². The van der Waals surface area contributed by atoms with Crippen molar-refractivity contribution in [2.75, 3.05) is 19.6 Å². The fourth-order valence-corrected chi connectivity index (χ4v) is 3.67. The molecule has 2 amide bonds. The number of amides is 2. The molecule has 4 atom stereocenters. The first-order chi connectivity index (χ1) is 12.7. The third kappa shape index (κ3) is 5.07. The third-order valence-electron chi connectivity index (χ3n) is 4.95. The Morgan fingerprint density at radius 3 is 2.70 bits per heavy atom. The van der Waals surface area contributed by atoms with Gasteiger partial charge in [0.2, 0.25) is 5.91 Å². The summed E-state index contributed by atoms with van der Waals surface area (Å²) >= 11 is 0. The molecule has 7 heteroatoms. The van der Waals surface area contributed by atoms with E-state index in [1.54, 1.807) is 29.4 Å². The summed E-state index contributed by atoms with van der Waals surface area (Å²) in [6, 6.07) is 3.65. The fourth-order valence-electron chi connectivity index (χ4n) is 3.67. The molecule has 2 N–H and O–H groups in total. The SMILES string of the molecule is CC(C)(C)OC(=O)N1C[C@@H]2[C@H](C1)[C@H]2C(O)CNC(=O)/C=C/c1cccnc1. The zero-order chi connectivity index (χ0) is 19.6. The quantitative estimate of drug-likeness (QED) is 0.767. The number of piperidine rings is 1. The smallest absolute Gasteiger partial charge is 0.410 e. The monoisotopic (exact) mass is 373 g/mol. The van der Waals surface area contributed by atoms with Crippen molar-refractivity contribution in [1.82, 2.24) is 15.2 Å². The minimum Gasteiger partial charge on any atom is -0.444 e. The van der Waals surface area contributed by atoms with E-state index in [4.69, 9.17) is 4.74 Å². The summed E-state index contributed by atoms with van der Waals surface area (Å²) in [5, 5.41) is 13.1. The second-order valence-electron chi connectivity index (χ2n) is 8.22. The van der Waals surface area contributed by atoms with Gasteiger partial charge >= 0.3 is 6.09 Å². The number of ether oxygens (including phenoxy) is 1. The van der Waals surface area contributed by atoms with Crippen LogP contribution in [0.4, 0.5) is 4.79 Å². The largest absolute Gasteiger partial charge is 0.444 e. The van der Waals surface area contributed by atoms with Crippen molar-refractivity contribution in [3.8, 4) is 0 Å². The third-order valence-corrected chi connectivity index (χ3v) is 4.95. The normalized spacial score (nSPS) is 25.2. The number of aromatic nitrogens is 1. The molecule has 146 valence electrons. The molecular weight excluding hydrogens is 346 g/mol. The van der Waals surface area contributed by atoms with E-state index in [9.17, 15) is 14.7 Å². The van der Waals surface area contributed by atoms with Crippen molar-refractivity contribution < 1.29 is 19.4 Å². The van der Waals surface area contributed by atoms with Crippen LogP contribution < -0.4 is 5.32 Å². The number of hydrogen-bond acceptors (Lipinski definition) is 5. The first-order valence-electron chi connectivity index (χ1n) is 9.26. The van der Waals surface area contributed by atoms with Gasteiger partial charge in [-0.15, -0.1) is 0 Å². The molecule has 2 fully saturated rings. The van der Waals surface area contributed by atoms with Gasteiger partial charge in [-0.3, -0.25) is 9.78 Å². The molecule has 0 spiro atoms. The van der Waals surface area contributed by atoms with Crippen molar-refractivity contribution >= 4 is 18.1 Å². The molecule has 1 saturated carbocycles. The number of aliphatic hydroxyl groups is 1. The Morgan fingerprint density at radius 2 is 2.11 bits per heavy atom. The molecule has 2 heterocycles. The van der Waals surface area contributed by atoms with E-state index < -0.39 is 11.7 Å². The van der Waals surface area contributed by atoms with Gasteiger partial charge in [-0.1, -0.05) is 6.07 Å². The summed E-state index contributed by atoms with van der Waals surface area (Å²) in [6.07, 6.45) is 5.55. The number of likely N-dealkylation sites (tertiary alicyclic amines) is 1. The Labute approximate surface area is 159 Å². The van der Waals surface area contributed by atoms with E-state index in [1.165, 1.54) is 6.08 Å². The van der Waals surface area contributed by atoms with E-state index in [0.717, 1.165) is 5.56 Å². The lowest BCUT2D eigenvalue weighted by Gasteiger charge is -2.26. The molecule has 0 aromatic carbocycles. The van der Waals surface area contributed by atoms with Crippen LogP contribution in [0.5, 0.6) is 0 Å². The maximum Gasteiger partial charge on any atom is 0.410 e. The van der Waals surface area contributed by atoms with E-state index in [1.807, 2.05) is 26.8 Å². The van der Waals surface area contributed by atoms with Crippen LogP contribution in [-0.2, 0) is 9.53 Å². The van der Waals surface area contributed by atoms with Crippen LogP contribution in [0.15, 0.2) is 30.6 Å². The number of hydrogen-bond donors (Lipinski definition) is 2. The summed E-state index contributed by atoms with van der Waals surface area (Å²) in [5.74, 6) is 0.455. The van der Waals surface area contributed by atoms with Gasteiger partial charge < -0.3 is 20.1 Å². The molecule has 3 rings (SSSR count). The molecular formula is C20H27N3O4. The summed E-state index contributed by atoms with van der Waals surface area (Å²) < 4.78 is 5.38. The highest BCUT2D eigenvalue weighted by Gasteiger charge is 2.59. The Hall–Kier alpha value is -2.41. The summed E-state index contributed by atoms with van der Waals surface area (Å²) in [6.45, 7) is 6.96. The van der Waals surface area contributed by atoms with Gasteiger partial charge in [0.15, 0.2) is 0 Å². The zero-order valence-electron chi connectivity index (χ0n) is 16.0. The highest BCUT2D eigenvalue weighted by Crippen LogP contribution is 2.53. The summed E-state index contributed by atoms with van der Waals surface area (Å²) in [7, 11) is 0. The maximum absolute atomic E-state index is 12.1. The van der Waals surface area contributed by atoms with Gasteiger partial charge in [-0.2, -0.15) is 0 Å². The number of nitrogens with zero attached hydrogens (tertiary/aromatic N) is 2. The first-order valence-corrected chi connectivity index (χ1v) is 9.26. The number of rotatable bonds is 5. The second kappa shape index (κ2) is 7.68. The standard InChI is InChI=1S/C20H27N3O4/c1-20(2,3)27-19(26)23-11-14-15(12-23)18(14)16(24)10-22-17(25)7-6-13-5-4-8-21-9-13/h4-9,14-16,18,24H,10-12H2,1-3H3,(H,22,25)/b7-6+/t14-,15+,16?,18+. The molecule has 0 radical (unpaired) electrons. The summed E-state index contributed by atoms with van der Waals surface area (Å²) in [4.78, 5) is 29.7. The van der Waals surface area contributed by atoms with Crippen LogP contribution in [-0.4, -0.2) is 58.3 Å². The van der Waals surface area contributed by atoms with E-state index >= 15 is 0 Å². The van der Waals surface area contributed by atoms with E-state index in [0.29, 0.717) is 13.1 Å². The molecule has 27 heavy (non-hydrogen) atoms. The highest BCUT2D eigenvalue weighted by atomic mass is 16.6. The molecule has 2 aliphatic rings. The number of carbonyl (C=O) groups is 2. The Morgan fingerprint density at radius 1 is 1.41 bits per heavy atom. The average molecular weight is 373 g/mol. The van der Waals surface area contributed by atoms with Gasteiger partial charge in [0.25, 0.3) is 0 Å². The van der Waals surface area contributed by atoms with Crippen molar-refractivity contribution in [2.45, 2.75) is 32.5 Å². The van der Waals surface area contributed by atoms with Gasteiger partial charge in [-0.25, -0.2) is 4.79 Å². The van der Waals surface area contributed by atoms with Crippen molar-refractivity contribution in [3.05, 3.63) is 36.2 Å². The van der Waals surface area contributed by atoms with Crippen molar-refractivity contribution in [2.24, 2.45) is 17.8 Å². The maximum atomic E-state index is 12.1. The molecule has 1 saturated heterocycles. The highest BCUT2D eigenvalue weighted by molar-refractivity contribution is 5.91. The zero-order valence-corrected chi connectivity index (χ0v) is 16.0. The lowest BCUT2D eigenvalue weighted by Crippen LogP contribution is -2.39. The van der Waals surface area contributed by atoms with Gasteiger partial charge in [-0.05, 0) is 56.2 Å². The van der Waals surface area contributed by atoms with Gasteiger partial charge in [0, 0.05) is 38.1 Å². The lowest BCUT2D eigenvalue weighted by molar-refractivity contribution is -0.117. The molecule has 0 bridgehead atoms. The molecule has 7 nitrogen and oxygen atoms in total. The predicted octanol–water partition coefficient (Wildman–Crippen LogP) is 1.68. The van der Waals surface area contributed by atoms with Crippen LogP contribution in [0.2, 0.25) is 0 Å². The van der Waals surface area contributed by atoms with Crippen LogP contribution in [0.1, 0.15) is 26.3 Å². The summed E-state index contributed by atoms with van der Waals surface area (Å²) in [5.41, 5.74) is 0.336. The first kappa shape index (κ1) is 19.4. The Kier molecular flexibility index (Phi) is 5.51. The van der Waals surface area contributed by atoms with E-state index in [-0.39, 0.29) is 36.3 Å². The van der Waals surface area contributed by atoms with Crippen molar-refractivity contribution in [3.63, 3.8) is 0 Å². The van der Waals surface area contributed by atoms with Crippen LogP contribution in [0.3, 0.4) is 0 Å². The minimum absolute atomic E-state index is 0.131. The van der Waals surface area contributed by atoms with Crippen LogP contribution in [0.25, 0.3) is 6.08 Å². The number of pyridine rings is 1. The molecule has 1 aromatic rings. The molecule has 1 aliphatic carbocycles. The minimum atomic E-state index is -0.600. The number of fused-ring (bicyclic) bond motifs is 1. The Bertz CT molecular complexity index is 702. The fraction of sp³-hybridized carbons (Fsp3) is 0.550. The van der Waals surface area contributed by atoms with Crippen molar-refractivity contribution in [1.29, 1.82) is 0 Å². The van der Waals surface area contributed by atoms with Gasteiger partial charge in [0.05, 0.1) is 6.10 Å². The number of nitrogens with one attached hydrogen (secondary N) is 1. The number of carbonyl (C=O) groups excluding carboxylic acids is 2. The van der Waals surface area contributed by atoms with E-state index in [2.05, 4.69) is 10.3 Å². The second-order valence-corrected chi connectivity index (χ2v) is 8.22. The molecule has 1 unspecified atom stereocenters. The molecule has 1 aliphatic heterocycles. The average Bonchev–Trinajstić information content (AvgIpc) is 3.11. The van der Waals surface area contributed by atoms with Crippen LogP contribution in [0, 0.1) is 17.8 Å². The Balaban J connectivity index is 1.39. The molecule has 1 aromatic heterocycles.